The van der Waals surface area contributed by atoms with Crippen LogP contribution < -0.4 is 20.2 Å². The van der Waals surface area contributed by atoms with E-state index < -0.39 is 34.8 Å². The molecule has 3 atom stereocenters. The molecule has 9 nitrogen and oxygen atoms in total. The van der Waals surface area contributed by atoms with Crippen LogP contribution >= 0.6 is 34.7 Å². The average molecular weight is 546 g/mol. The van der Waals surface area contributed by atoms with Crippen LogP contribution in [-0.4, -0.2) is 39.3 Å². The van der Waals surface area contributed by atoms with Crippen molar-refractivity contribution < 1.29 is 24.2 Å². The van der Waals surface area contributed by atoms with Gasteiger partial charge in [0.1, 0.15) is 11.8 Å². The van der Waals surface area contributed by atoms with E-state index in [1.54, 1.807) is 43.3 Å². The number of thioether (sulfide) groups is 1. The van der Waals surface area contributed by atoms with Gasteiger partial charge in [0.2, 0.25) is 17.7 Å². The van der Waals surface area contributed by atoms with Crippen molar-refractivity contribution in [2.75, 3.05) is 11.9 Å². The number of amides is 3. The Morgan fingerprint density at radius 3 is 2.64 bits per heavy atom. The molecule has 2 aliphatic heterocycles. The zero-order valence-corrected chi connectivity index (χ0v) is 21.2. The Morgan fingerprint density at radius 2 is 1.92 bits per heavy atom. The molecule has 1 fully saturated rings. The van der Waals surface area contributed by atoms with Crippen molar-refractivity contribution in [1.29, 1.82) is 0 Å². The van der Waals surface area contributed by atoms with E-state index >= 15 is 0 Å². The number of aromatic hydroxyl groups is 1. The van der Waals surface area contributed by atoms with Crippen molar-refractivity contribution in [3.63, 3.8) is 0 Å². The monoisotopic (exact) mass is 545 g/mol. The number of phenols is 1. The van der Waals surface area contributed by atoms with E-state index in [0.717, 1.165) is 23.1 Å². The zero-order chi connectivity index (χ0) is 25.6. The summed E-state index contributed by atoms with van der Waals surface area (Å²) >= 11 is 7.95. The minimum absolute atomic E-state index is 0.0564. The van der Waals surface area contributed by atoms with Crippen LogP contribution in [0.5, 0.6) is 11.5 Å². The predicted octanol–water partition coefficient (Wildman–Crippen LogP) is 3.19. The van der Waals surface area contributed by atoms with Gasteiger partial charge in [0.25, 0.3) is 0 Å². The summed E-state index contributed by atoms with van der Waals surface area (Å²) in [6.45, 7) is 1.83. The molecule has 0 bridgehead atoms. The van der Waals surface area contributed by atoms with Crippen molar-refractivity contribution in [3.05, 3.63) is 67.6 Å². The number of thiazole rings is 1. The van der Waals surface area contributed by atoms with Gasteiger partial charge in [0.15, 0.2) is 11.5 Å². The van der Waals surface area contributed by atoms with E-state index in [0.29, 0.717) is 32.8 Å². The van der Waals surface area contributed by atoms with Crippen LogP contribution in [-0.2, 0) is 20.9 Å². The summed E-state index contributed by atoms with van der Waals surface area (Å²) in [7, 11) is 0. The first-order valence-corrected chi connectivity index (χ1v) is 13.1. The van der Waals surface area contributed by atoms with Crippen molar-refractivity contribution in [2.24, 2.45) is 5.92 Å². The molecule has 12 heteroatoms. The van der Waals surface area contributed by atoms with Crippen LogP contribution in [0.4, 0.5) is 5.69 Å². The molecular formula is C24H20ClN3O6S2. The number of hydrogen-bond donors (Lipinski definition) is 3. The zero-order valence-electron chi connectivity index (χ0n) is 18.8. The third-order valence-electron chi connectivity index (χ3n) is 5.96. The maximum atomic E-state index is 13.0. The number of anilines is 1. The first kappa shape index (κ1) is 24.4. The molecule has 2 unspecified atom stereocenters. The molecule has 0 saturated carbocycles. The van der Waals surface area contributed by atoms with Crippen LogP contribution in [0.25, 0.3) is 0 Å². The fourth-order valence-electron chi connectivity index (χ4n) is 4.41. The van der Waals surface area contributed by atoms with Crippen LogP contribution in [0.2, 0.25) is 5.02 Å². The number of carbonyl (C=O) groups excluding carboxylic acids is 3. The lowest BCUT2D eigenvalue weighted by Gasteiger charge is -2.31. The van der Waals surface area contributed by atoms with Gasteiger partial charge in [-0.25, -0.2) is 0 Å². The number of carbonyl (C=O) groups is 3. The molecule has 3 N–H and O–H groups in total. The second kappa shape index (κ2) is 9.64. The van der Waals surface area contributed by atoms with Gasteiger partial charge in [-0.2, -0.15) is 0 Å². The third-order valence-corrected chi connectivity index (χ3v) is 8.83. The maximum Gasteiger partial charge on any atom is 0.308 e. The van der Waals surface area contributed by atoms with Gasteiger partial charge < -0.3 is 15.2 Å². The molecule has 2 aromatic carbocycles. The second-order valence-electron chi connectivity index (χ2n) is 8.23. The highest BCUT2D eigenvalue weighted by atomic mass is 35.5. The molecule has 0 spiro atoms. The molecule has 3 aromatic rings. The van der Waals surface area contributed by atoms with Crippen molar-refractivity contribution in [1.82, 2.24) is 9.88 Å². The van der Waals surface area contributed by atoms with E-state index in [2.05, 4.69) is 10.6 Å². The normalized spacial score (nSPS) is 20.4. The standard InChI is InChI=1S/C24H20ClN3O6S2/c1-2-34-15-9-11(3-8-14(15)29)17-18-19(22(32)27-21(18)31)35-23-20(17)36-24(33)28(23)10-16(30)26-13-6-4-12(25)5-7-13/h3-9,17-19,29H,2,10H2,1H3,(H,26,30)(H,27,31,32)/t17-,18?,19?/m0/s1. The van der Waals surface area contributed by atoms with Crippen LogP contribution in [0.3, 0.4) is 0 Å². The maximum absolute atomic E-state index is 13.0. The molecule has 1 saturated heterocycles. The predicted molar refractivity (Wildman–Crippen MR) is 136 cm³/mol. The summed E-state index contributed by atoms with van der Waals surface area (Å²) in [6, 6.07) is 11.3. The van der Waals surface area contributed by atoms with E-state index in [1.807, 2.05) is 0 Å². The molecular weight excluding hydrogens is 526 g/mol. The SMILES string of the molecule is CCOc1cc([C@@H]2c3sc(=O)n(CC(=O)Nc4ccc(Cl)cc4)c3SC3C(=O)NC(=O)C32)ccc1O. The number of rotatable bonds is 6. The fraction of sp³-hybridized carbons (Fsp3) is 0.250. The highest BCUT2D eigenvalue weighted by Crippen LogP contribution is 2.52. The number of imide groups is 1. The number of benzene rings is 2. The molecule has 0 radical (unpaired) electrons. The Morgan fingerprint density at radius 1 is 1.17 bits per heavy atom. The number of nitrogens with zero attached hydrogens (tertiary/aromatic N) is 1. The Labute approximate surface area is 218 Å². The van der Waals surface area contributed by atoms with Gasteiger partial charge in [0.05, 0.1) is 17.6 Å². The van der Waals surface area contributed by atoms with Crippen molar-refractivity contribution in [2.45, 2.75) is 29.7 Å². The smallest absolute Gasteiger partial charge is 0.308 e. The number of halogens is 1. The summed E-state index contributed by atoms with van der Waals surface area (Å²) in [6.07, 6.45) is 0. The van der Waals surface area contributed by atoms with Crippen LogP contribution in [0.1, 0.15) is 23.3 Å². The number of hydrogen-bond acceptors (Lipinski definition) is 8. The quantitative estimate of drug-likeness (QED) is 0.406. The lowest BCUT2D eigenvalue weighted by molar-refractivity contribution is -0.126. The summed E-state index contributed by atoms with van der Waals surface area (Å²) in [5, 5.41) is 15.5. The average Bonchev–Trinajstić information content (AvgIpc) is 3.30. The minimum Gasteiger partial charge on any atom is -0.504 e. The molecule has 3 heterocycles. The number of fused-ring (bicyclic) bond motifs is 2. The Kier molecular flexibility index (Phi) is 6.54. The number of phenolic OH excluding ortho intramolecular Hbond substituents is 1. The lowest BCUT2D eigenvalue weighted by atomic mass is 9.83. The summed E-state index contributed by atoms with van der Waals surface area (Å²) < 4.78 is 6.85. The third kappa shape index (κ3) is 4.38. The number of aromatic nitrogens is 1. The van der Waals surface area contributed by atoms with Gasteiger partial charge in [0, 0.05) is 21.5 Å². The first-order chi connectivity index (χ1) is 17.3. The van der Waals surface area contributed by atoms with Gasteiger partial charge in [-0.1, -0.05) is 40.8 Å². The Bertz CT molecular complexity index is 1430. The first-order valence-electron chi connectivity index (χ1n) is 11.0. The molecule has 0 aliphatic carbocycles. The Balaban J connectivity index is 1.54. The molecule has 2 aliphatic rings. The molecule has 1 aromatic heterocycles. The molecule has 186 valence electrons. The molecule has 5 rings (SSSR count). The summed E-state index contributed by atoms with van der Waals surface area (Å²) in [5.41, 5.74) is 1.15. The number of nitrogens with one attached hydrogen (secondary N) is 2. The highest BCUT2D eigenvalue weighted by molar-refractivity contribution is 8.00. The van der Waals surface area contributed by atoms with Crippen molar-refractivity contribution >= 4 is 58.1 Å². The van der Waals surface area contributed by atoms with Crippen LogP contribution in [0, 0.1) is 5.92 Å². The van der Waals surface area contributed by atoms with E-state index in [4.69, 9.17) is 16.3 Å². The fourth-order valence-corrected chi connectivity index (χ4v) is 7.27. The highest BCUT2D eigenvalue weighted by Gasteiger charge is 2.53. The van der Waals surface area contributed by atoms with Gasteiger partial charge in [-0.15, -0.1) is 0 Å². The van der Waals surface area contributed by atoms with Gasteiger partial charge in [-0.3, -0.25) is 29.1 Å². The van der Waals surface area contributed by atoms with E-state index in [-0.39, 0.29) is 22.9 Å². The summed E-state index contributed by atoms with van der Waals surface area (Å²) in [5.74, 6) is -2.48. The molecule has 3 amide bonds. The van der Waals surface area contributed by atoms with Gasteiger partial charge in [-0.05, 0) is 48.9 Å². The lowest BCUT2D eigenvalue weighted by Crippen LogP contribution is -2.32. The molecule has 36 heavy (non-hydrogen) atoms. The Hall–Kier alpha value is -3.28. The van der Waals surface area contributed by atoms with Gasteiger partial charge >= 0.3 is 4.87 Å². The minimum atomic E-state index is -0.765. The summed E-state index contributed by atoms with van der Waals surface area (Å²) in [4.78, 5) is 51.5. The van der Waals surface area contributed by atoms with E-state index in [9.17, 15) is 24.3 Å². The van der Waals surface area contributed by atoms with Crippen molar-refractivity contribution in [3.8, 4) is 11.5 Å². The number of ether oxygens (including phenoxy) is 1. The van der Waals surface area contributed by atoms with E-state index in [1.165, 1.54) is 10.6 Å². The second-order valence-corrected chi connectivity index (χ2v) is 10.8. The largest absolute Gasteiger partial charge is 0.504 e. The topological polar surface area (TPSA) is 127 Å². The van der Waals surface area contributed by atoms with Crippen LogP contribution in [0.15, 0.2) is 52.3 Å².